The van der Waals surface area contributed by atoms with Crippen LogP contribution in [-0.4, -0.2) is 27.0 Å². The Balaban J connectivity index is 2.30. The molecule has 2 rings (SSSR count). The zero-order valence-electron chi connectivity index (χ0n) is 11.7. The van der Waals surface area contributed by atoms with E-state index in [-0.39, 0.29) is 16.7 Å². The van der Waals surface area contributed by atoms with Gasteiger partial charge in [0, 0.05) is 24.4 Å². The number of rotatable bonds is 5. The van der Waals surface area contributed by atoms with E-state index in [2.05, 4.69) is 15.3 Å². The third-order valence-electron chi connectivity index (χ3n) is 2.62. The molecule has 6 nitrogen and oxygen atoms in total. The van der Waals surface area contributed by atoms with Gasteiger partial charge in [-0.3, -0.25) is 9.78 Å². The summed E-state index contributed by atoms with van der Waals surface area (Å²) >= 11 is 0.955. The summed E-state index contributed by atoms with van der Waals surface area (Å²) in [6, 6.07) is 3.36. The maximum absolute atomic E-state index is 11.7. The van der Waals surface area contributed by atoms with Crippen LogP contribution in [0.3, 0.4) is 0 Å². The predicted octanol–water partition coefficient (Wildman–Crippen LogP) is 2.89. The van der Waals surface area contributed by atoms with Gasteiger partial charge in [0.05, 0.1) is 5.69 Å². The highest BCUT2D eigenvalue weighted by Gasteiger charge is 2.20. The minimum atomic E-state index is -1.07. The fourth-order valence-electron chi connectivity index (χ4n) is 1.77. The molecular formula is C14H15N3O3S. The highest BCUT2D eigenvalue weighted by atomic mass is 32.1. The summed E-state index contributed by atoms with van der Waals surface area (Å²) in [6.45, 7) is 3.87. The Bertz CT molecular complexity index is 653. The largest absolute Gasteiger partial charge is 0.477 e. The Morgan fingerprint density at radius 1 is 1.33 bits per heavy atom. The van der Waals surface area contributed by atoms with Gasteiger partial charge in [0.15, 0.2) is 5.13 Å². The van der Waals surface area contributed by atoms with Crippen molar-refractivity contribution < 1.29 is 14.7 Å². The Morgan fingerprint density at radius 3 is 2.57 bits per heavy atom. The zero-order chi connectivity index (χ0) is 15.4. The van der Waals surface area contributed by atoms with Crippen molar-refractivity contribution in [3.8, 4) is 11.3 Å². The van der Waals surface area contributed by atoms with Gasteiger partial charge < -0.3 is 10.4 Å². The number of carboxylic acid groups (broad SMARTS) is 1. The summed E-state index contributed by atoms with van der Waals surface area (Å²) in [6.07, 6.45) is 3.50. The molecule has 0 unspecified atom stereocenters. The van der Waals surface area contributed by atoms with Crippen molar-refractivity contribution in [3.05, 3.63) is 29.4 Å². The van der Waals surface area contributed by atoms with Crippen LogP contribution >= 0.6 is 11.3 Å². The van der Waals surface area contributed by atoms with Gasteiger partial charge >= 0.3 is 5.97 Å². The molecule has 0 aromatic carbocycles. The molecule has 0 aliphatic heterocycles. The smallest absolute Gasteiger partial charge is 0.348 e. The summed E-state index contributed by atoms with van der Waals surface area (Å²) in [7, 11) is 0. The molecule has 0 atom stereocenters. The highest BCUT2D eigenvalue weighted by Crippen LogP contribution is 2.31. The third-order valence-corrected chi connectivity index (χ3v) is 3.57. The maximum atomic E-state index is 11.7. The molecule has 2 aromatic rings. The number of thiazole rings is 1. The van der Waals surface area contributed by atoms with Crippen LogP contribution < -0.4 is 5.32 Å². The molecule has 2 heterocycles. The molecule has 2 N–H and O–H groups in total. The van der Waals surface area contributed by atoms with Gasteiger partial charge in [0.2, 0.25) is 5.91 Å². The number of aromatic carboxylic acids is 1. The number of anilines is 1. The normalized spacial score (nSPS) is 10.6. The molecule has 0 saturated carbocycles. The lowest BCUT2D eigenvalue weighted by Gasteiger charge is -2.03. The number of carbonyl (C=O) groups excluding carboxylic acids is 1. The number of amides is 1. The van der Waals surface area contributed by atoms with Gasteiger partial charge in [-0.2, -0.15) is 0 Å². The van der Waals surface area contributed by atoms with Gasteiger partial charge in [-0.15, -0.1) is 0 Å². The molecule has 0 aliphatic carbocycles. The first-order chi connectivity index (χ1) is 9.97. The van der Waals surface area contributed by atoms with Crippen LogP contribution in [0, 0.1) is 5.92 Å². The Morgan fingerprint density at radius 2 is 2.00 bits per heavy atom. The van der Waals surface area contributed by atoms with Crippen LogP contribution in [0.25, 0.3) is 11.3 Å². The average molecular weight is 305 g/mol. The second-order valence-electron chi connectivity index (χ2n) is 4.88. The number of hydrogen-bond acceptors (Lipinski definition) is 5. The van der Waals surface area contributed by atoms with E-state index in [0.717, 1.165) is 11.3 Å². The van der Waals surface area contributed by atoms with Crippen LogP contribution in [0.15, 0.2) is 24.5 Å². The van der Waals surface area contributed by atoms with E-state index in [1.54, 1.807) is 24.5 Å². The molecule has 0 bridgehead atoms. The first-order valence-electron chi connectivity index (χ1n) is 6.41. The van der Waals surface area contributed by atoms with Gasteiger partial charge in [-0.1, -0.05) is 25.2 Å². The van der Waals surface area contributed by atoms with Crippen molar-refractivity contribution in [2.75, 3.05) is 5.32 Å². The fourth-order valence-corrected chi connectivity index (χ4v) is 2.61. The molecule has 0 aliphatic rings. The Labute approximate surface area is 125 Å². The number of carboxylic acids is 1. The minimum absolute atomic E-state index is 0.0982. The second kappa shape index (κ2) is 6.45. The first kappa shape index (κ1) is 15.1. The molecular weight excluding hydrogens is 290 g/mol. The zero-order valence-corrected chi connectivity index (χ0v) is 12.5. The molecule has 1 amide bonds. The molecule has 0 radical (unpaired) electrons. The Hall–Kier alpha value is -2.28. The monoisotopic (exact) mass is 305 g/mol. The molecule has 110 valence electrons. The summed E-state index contributed by atoms with van der Waals surface area (Å²) in [5.41, 5.74) is 0.998. The molecule has 0 saturated heterocycles. The summed E-state index contributed by atoms with van der Waals surface area (Å²) in [5.74, 6) is -1.01. The van der Waals surface area contributed by atoms with Crippen LogP contribution in [-0.2, 0) is 4.79 Å². The van der Waals surface area contributed by atoms with E-state index in [0.29, 0.717) is 22.8 Å². The van der Waals surface area contributed by atoms with Crippen molar-refractivity contribution in [3.63, 3.8) is 0 Å². The lowest BCUT2D eigenvalue weighted by atomic mass is 10.1. The third kappa shape index (κ3) is 3.85. The lowest BCUT2D eigenvalue weighted by molar-refractivity contribution is -0.116. The quantitative estimate of drug-likeness (QED) is 0.886. The van der Waals surface area contributed by atoms with Gasteiger partial charge in [-0.25, -0.2) is 9.78 Å². The average Bonchev–Trinajstić information content (AvgIpc) is 2.82. The van der Waals surface area contributed by atoms with Crippen molar-refractivity contribution in [1.29, 1.82) is 0 Å². The van der Waals surface area contributed by atoms with E-state index in [1.807, 2.05) is 13.8 Å². The van der Waals surface area contributed by atoms with Gasteiger partial charge in [0.1, 0.15) is 4.88 Å². The summed E-state index contributed by atoms with van der Waals surface area (Å²) < 4.78 is 0. The highest BCUT2D eigenvalue weighted by molar-refractivity contribution is 7.18. The SMILES string of the molecule is CC(C)CC(=O)Nc1nc(-c2ccncc2)c(C(=O)O)s1. The molecule has 7 heteroatoms. The molecule has 2 aromatic heterocycles. The van der Waals surface area contributed by atoms with E-state index < -0.39 is 5.97 Å². The molecule has 21 heavy (non-hydrogen) atoms. The Kier molecular flexibility index (Phi) is 4.64. The number of carbonyl (C=O) groups is 2. The van der Waals surface area contributed by atoms with Gasteiger partial charge in [-0.05, 0) is 18.1 Å². The van der Waals surface area contributed by atoms with Crippen molar-refractivity contribution in [2.24, 2.45) is 5.92 Å². The van der Waals surface area contributed by atoms with E-state index in [9.17, 15) is 14.7 Å². The number of aromatic nitrogens is 2. The summed E-state index contributed by atoms with van der Waals surface area (Å²) in [4.78, 5) is 31.3. The van der Waals surface area contributed by atoms with E-state index >= 15 is 0 Å². The number of nitrogens with one attached hydrogen (secondary N) is 1. The lowest BCUT2D eigenvalue weighted by Crippen LogP contribution is -2.13. The summed E-state index contributed by atoms with van der Waals surface area (Å²) in [5, 5.41) is 12.2. The minimum Gasteiger partial charge on any atom is -0.477 e. The van der Waals surface area contributed by atoms with Crippen LogP contribution in [0.4, 0.5) is 5.13 Å². The van der Waals surface area contributed by atoms with Gasteiger partial charge in [0.25, 0.3) is 0 Å². The topological polar surface area (TPSA) is 92.2 Å². The van der Waals surface area contributed by atoms with Crippen molar-refractivity contribution >= 4 is 28.3 Å². The maximum Gasteiger partial charge on any atom is 0.348 e. The first-order valence-corrected chi connectivity index (χ1v) is 7.23. The molecule has 0 fully saturated rings. The number of hydrogen-bond donors (Lipinski definition) is 2. The van der Waals surface area contributed by atoms with E-state index in [1.165, 1.54) is 0 Å². The van der Waals surface area contributed by atoms with Crippen molar-refractivity contribution in [1.82, 2.24) is 9.97 Å². The molecule has 0 spiro atoms. The standard InChI is InChI=1S/C14H15N3O3S/c1-8(2)7-10(18)16-14-17-11(12(21-14)13(19)20)9-3-5-15-6-4-9/h3-6,8H,7H2,1-2H3,(H,19,20)(H,16,17,18). The van der Waals surface area contributed by atoms with Crippen LogP contribution in [0.2, 0.25) is 0 Å². The van der Waals surface area contributed by atoms with E-state index in [4.69, 9.17) is 0 Å². The van der Waals surface area contributed by atoms with Crippen LogP contribution in [0.5, 0.6) is 0 Å². The number of pyridine rings is 1. The van der Waals surface area contributed by atoms with Crippen molar-refractivity contribution in [2.45, 2.75) is 20.3 Å². The predicted molar refractivity (Wildman–Crippen MR) is 80.4 cm³/mol. The number of nitrogens with zero attached hydrogens (tertiary/aromatic N) is 2. The van der Waals surface area contributed by atoms with Crippen LogP contribution in [0.1, 0.15) is 29.9 Å². The fraction of sp³-hybridized carbons (Fsp3) is 0.286. The second-order valence-corrected chi connectivity index (χ2v) is 5.88.